The molecule has 3 aromatic rings. The summed E-state index contributed by atoms with van der Waals surface area (Å²) in [5.74, 6) is -1.09. The summed E-state index contributed by atoms with van der Waals surface area (Å²) < 4.78 is 20.1. The monoisotopic (exact) mass is 436 g/mol. The van der Waals surface area contributed by atoms with Crippen molar-refractivity contribution in [2.75, 3.05) is 13.1 Å². The topological polar surface area (TPSA) is 105 Å². The van der Waals surface area contributed by atoms with Gasteiger partial charge in [0.25, 0.3) is 5.88 Å². The van der Waals surface area contributed by atoms with Crippen LogP contribution in [0.25, 0.3) is 11.1 Å². The molecule has 7 nitrogen and oxygen atoms in total. The number of aromatic nitrogens is 1. The van der Waals surface area contributed by atoms with Gasteiger partial charge in [-0.1, -0.05) is 54.5 Å². The first-order chi connectivity index (χ1) is 15.4. The van der Waals surface area contributed by atoms with Gasteiger partial charge in [0.05, 0.1) is 11.6 Å². The number of guanidine groups is 1. The van der Waals surface area contributed by atoms with Crippen molar-refractivity contribution in [1.29, 1.82) is 0 Å². The van der Waals surface area contributed by atoms with E-state index in [2.05, 4.69) is 10.1 Å². The first-order valence-corrected chi connectivity index (χ1v) is 10.6. The lowest BCUT2D eigenvalue weighted by molar-refractivity contribution is -0.143. The highest BCUT2D eigenvalue weighted by Crippen LogP contribution is 2.30. The second kappa shape index (κ2) is 9.21. The van der Waals surface area contributed by atoms with Crippen molar-refractivity contribution < 1.29 is 18.8 Å². The molecule has 1 atom stereocenters. The van der Waals surface area contributed by atoms with Crippen LogP contribution in [0.3, 0.4) is 0 Å². The van der Waals surface area contributed by atoms with E-state index in [-0.39, 0.29) is 29.5 Å². The van der Waals surface area contributed by atoms with E-state index in [1.165, 1.54) is 6.07 Å². The number of piperidine rings is 1. The molecule has 166 valence electrons. The first-order valence-electron chi connectivity index (χ1n) is 10.6. The van der Waals surface area contributed by atoms with Crippen molar-refractivity contribution in [2.45, 2.75) is 25.7 Å². The zero-order valence-electron chi connectivity index (χ0n) is 17.7. The fourth-order valence-corrected chi connectivity index (χ4v) is 3.90. The smallest absolute Gasteiger partial charge is 0.306 e. The Hall–Kier alpha value is -3.68. The van der Waals surface area contributed by atoms with Crippen LogP contribution in [-0.2, 0) is 4.79 Å². The van der Waals surface area contributed by atoms with Gasteiger partial charge in [-0.25, -0.2) is 4.39 Å². The summed E-state index contributed by atoms with van der Waals surface area (Å²) in [7, 11) is 0. The van der Waals surface area contributed by atoms with Gasteiger partial charge in [0.1, 0.15) is 5.82 Å². The van der Waals surface area contributed by atoms with Gasteiger partial charge in [-0.2, -0.15) is 4.99 Å². The summed E-state index contributed by atoms with van der Waals surface area (Å²) in [5.41, 5.74) is 8.84. The van der Waals surface area contributed by atoms with Gasteiger partial charge in [-0.3, -0.25) is 4.79 Å². The number of halogens is 1. The van der Waals surface area contributed by atoms with Crippen LogP contribution < -0.4 is 5.73 Å². The molecule has 1 fully saturated rings. The Kier molecular flexibility index (Phi) is 6.20. The molecule has 0 saturated carbocycles. The van der Waals surface area contributed by atoms with Crippen molar-refractivity contribution in [1.82, 2.24) is 10.1 Å². The van der Waals surface area contributed by atoms with Gasteiger partial charge in [-0.05, 0) is 30.0 Å². The maximum absolute atomic E-state index is 14.7. The third-order valence-corrected chi connectivity index (χ3v) is 5.93. The van der Waals surface area contributed by atoms with Crippen LogP contribution in [0.2, 0.25) is 0 Å². The Morgan fingerprint density at radius 3 is 2.59 bits per heavy atom. The molecule has 0 bridgehead atoms. The Bertz CT molecular complexity index is 1120. The normalized spacial score (nSPS) is 16.2. The van der Waals surface area contributed by atoms with Crippen LogP contribution in [0.15, 0.2) is 64.1 Å². The first kappa shape index (κ1) is 21.5. The van der Waals surface area contributed by atoms with E-state index < -0.39 is 5.97 Å². The minimum Gasteiger partial charge on any atom is -0.481 e. The molecule has 32 heavy (non-hydrogen) atoms. The van der Waals surface area contributed by atoms with Crippen LogP contribution >= 0.6 is 0 Å². The van der Waals surface area contributed by atoms with Gasteiger partial charge in [0.15, 0.2) is 5.96 Å². The average Bonchev–Trinajstić information content (AvgIpc) is 3.27. The Balaban J connectivity index is 1.46. The average molecular weight is 436 g/mol. The molecule has 4 rings (SSSR count). The molecule has 0 aliphatic carbocycles. The molecule has 1 unspecified atom stereocenters. The zero-order chi connectivity index (χ0) is 22.7. The van der Waals surface area contributed by atoms with Crippen molar-refractivity contribution in [3.8, 4) is 11.1 Å². The Morgan fingerprint density at radius 1 is 1.22 bits per heavy atom. The van der Waals surface area contributed by atoms with Gasteiger partial charge in [0, 0.05) is 30.6 Å². The molecule has 0 spiro atoms. The van der Waals surface area contributed by atoms with Crippen molar-refractivity contribution >= 4 is 17.8 Å². The van der Waals surface area contributed by atoms with Crippen LogP contribution in [0.4, 0.5) is 10.3 Å². The highest BCUT2D eigenvalue weighted by atomic mass is 19.1. The van der Waals surface area contributed by atoms with Crippen LogP contribution in [0.5, 0.6) is 0 Å². The SMILES string of the molecule is CC(c1ccc(-c2ccccc2)c(F)c1)c1cc(N=C(N)N2CCC(C(=O)O)CC2)on1. The fourth-order valence-electron chi connectivity index (χ4n) is 3.90. The van der Waals surface area contributed by atoms with Crippen LogP contribution in [0.1, 0.15) is 36.9 Å². The highest BCUT2D eigenvalue weighted by molar-refractivity contribution is 5.81. The number of aliphatic carboxylic acids is 1. The van der Waals surface area contributed by atoms with Crippen molar-refractivity contribution in [2.24, 2.45) is 16.6 Å². The lowest BCUT2D eigenvalue weighted by Crippen LogP contribution is -2.43. The maximum atomic E-state index is 14.7. The number of hydrogen-bond acceptors (Lipinski definition) is 4. The van der Waals surface area contributed by atoms with E-state index in [1.54, 1.807) is 12.1 Å². The molecule has 2 aromatic carbocycles. The quantitative estimate of drug-likeness (QED) is 0.454. The lowest BCUT2D eigenvalue weighted by Gasteiger charge is -2.30. The zero-order valence-corrected chi connectivity index (χ0v) is 17.7. The molecule has 3 N–H and O–H groups in total. The number of likely N-dealkylation sites (tertiary alicyclic amines) is 1. The van der Waals surface area contributed by atoms with Gasteiger partial charge in [0.2, 0.25) is 0 Å². The molecule has 1 saturated heterocycles. The van der Waals surface area contributed by atoms with E-state index in [1.807, 2.05) is 48.2 Å². The highest BCUT2D eigenvalue weighted by Gasteiger charge is 2.25. The van der Waals surface area contributed by atoms with E-state index in [4.69, 9.17) is 15.4 Å². The van der Waals surface area contributed by atoms with Gasteiger partial charge in [-0.15, -0.1) is 0 Å². The van der Waals surface area contributed by atoms with E-state index >= 15 is 0 Å². The molecule has 1 aliphatic rings. The number of nitrogens with zero attached hydrogens (tertiary/aromatic N) is 3. The van der Waals surface area contributed by atoms with Gasteiger partial charge >= 0.3 is 5.97 Å². The number of carbonyl (C=O) groups is 1. The van der Waals surface area contributed by atoms with Crippen molar-refractivity contribution in [3.63, 3.8) is 0 Å². The number of benzene rings is 2. The minimum atomic E-state index is -0.776. The number of carboxylic acid groups (broad SMARTS) is 1. The summed E-state index contributed by atoms with van der Waals surface area (Å²) in [6.07, 6.45) is 1.05. The summed E-state index contributed by atoms with van der Waals surface area (Å²) in [6.45, 7) is 2.97. The minimum absolute atomic E-state index is 0.199. The van der Waals surface area contributed by atoms with Crippen LogP contribution in [0, 0.1) is 11.7 Å². The fraction of sp³-hybridized carbons (Fsp3) is 0.292. The number of nitrogens with two attached hydrogens (primary N) is 1. The number of carboxylic acids is 1. The maximum Gasteiger partial charge on any atom is 0.306 e. The molecule has 1 aliphatic heterocycles. The van der Waals surface area contributed by atoms with Crippen LogP contribution in [-0.4, -0.2) is 40.2 Å². The summed E-state index contributed by atoms with van der Waals surface area (Å²) in [5, 5.41) is 13.2. The molecular weight excluding hydrogens is 411 g/mol. The number of aliphatic imine (C=N–C) groups is 1. The lowest BCUT2D eigenvalue weighted by atomic mass is 9.95. The number of hydrogen-bond donors (Lipinski definition) is 2. The standard InChI is InChI=1S/C24H25FN4O3/c1-15(18-7-8-19(20(25)13-18)16-5-3-2-4-6-16)21-14-22(32-28-21)27-24(26)29-11-9-17(10-12-29)23(30)31/h2-8,13-15,17H,9-12H2,1H3,(H2,26,27)(H,30,31). The largest absolute Gasteiger partial charge is 0.481 e. The molecular formula is C24H25FN4O3. The van der Waals surface area contributed by atoms with E-state index in [0.717, 1.165) is 11.1 Å². The third kappa shape index (κ3) is 4.64. The van der Waals surface area contributed by atoms with E-state index in [0.29, 0.717) is 37.2 Å². The van der Waals surface area contributed by atoms with Crippen molar-refractivity contribution in [3.05, 3.63) is 71.7 Å². The molecule has 1 aromatic heterocycles. The predicted octanol–water partition coefficient (Wildman–Crippen LogP) is 4.38. The van der Waals surface area contributed by atoms with Gasteiger partial charge < -0.3 is 20.3 Å². The Labute approximate surface area is 185 Å². The second-order valence-corrected chi connectivity index (χ2v) is 7.99. The van der Waals surface area contributed by atoms with E-state index in [9.17, 15) is 9.18 Å². The molecule has 8 heteroatoms. The number of rotatable bonds is 5. The molecule has 0 radical (unpaired) electrons. The second-order valence-electron chi connectivity index (χ2n) is 7.99. The third-order valence-electron chi connectivity index (χ3n) is 5.93. The summed E-state index contributed by atoms with van der Waals surface area (Å²) >= 11 is 0. The molecule has 2 heterocycles. The Morgan fingerprint density at radius 2 is 1.94 bits per heavy atom. The predicted molar refractivity (Wildman–Crippen MR) is 119 cm³/mol. The molecule has 0 amide bonds. The summed E-state index contributed by atoms with van der Waals surface area (Å²) in [4.78, 5) is 17.2. The summed E-state index contributed by atoms with van der Waals surface area (Å²) in [6, 6.07) is 16.3.